The molecule has 1 aliphatic heterocycles. The second-order valence-corrected chi connectivity index (χ2v) is 8.18. The molecule has 0 aliphatic carbocycles. The molecule has 2 heterocycles. The zero-order valence-electron chi connectivity index (χ0n) is 17.5. The fraction of sp³-hybridized carbons (Fsp3) is 0.238. The molecule has 33 heavy (non-hydrogen) atoms. The molecule has 4 rings (SSSR count). The number of halogens is 1. The first-order valence-electron chi connectivity index (χ1n) is 9.88. The van der Waals surface area contributed by atoms with E-state index in [1.165, 1.54) is 0 Å². The average Bonchev–Trinajstić information content (AvgIpc) is 3.16. The van der Waals surface area contributed by atoms with Crippen molar-refractivity contribution in [1.29, 1.82) is 0 Å². The summed E-state index contributed by atoms with van der Waals surface area (Å²) in [5.74, 6) is 1.75. The molecule has 0 atom stereocenters. The molecular weight excluding hydrogens is 470 g/mol. The third-order valence-corrected chi connectivity index (χ3v) is 5.84. The van der Waals surface area contributed by atoms with Crippen molar-refractivity contribution in [2.24, 2.45) is 7.05 Å². The first kappa shape index (κ1) is 22.7. The normalized spacial score (nSPS) is 12.2. The van der Waals surface area contributed by atoms with Crippen molar-refractivity contribution in [3.8, 4) is 17.2 Å². The lowest BCUT2D eigenvalue weighted by Crippen LogP contribution is -2.35. The summed E-state index contributed by atoms with van der Waals surface area (Å²) in [7, 11) is 1.76. The Bertz CT molecular complexity index is 1170. The number of nitrogens with zero attached hydrogens (tertiary/aromatic N) is 3. The number of benzene rings is 2. The van der Waals surface area contributed by atoms with Gasteiger partial charge in [-0.1, -0.05) is 35.5 Å². The second-order valence-electron chi connectivity index (χ2n) is 6.83. The molecule has 0 saturated heterocycles. The van der Waals surface area contributed by atoms with Crippen LogP contribution in [0.3, 0.4) is 0 Å². The predicted molar refractivity (Wildman–Crippen MR) is 122 cm³/mol. The molecule has 0 spiro atoms. The van der Waals surface area contributed by atoms with Crippen molar-refractivity contribution in [2.45, 2.75) is 11.8 Å². The Balaban J connectivity index is 1.25. The van der Waals surface area contributed by atoms with Crippen LogP contribution in [0.4, 0.5) is 10.5 Å². The molecule has 3 aromatic rings. The number of amides is 3. The van der Waals surface area contributed by atoms with Crippen molar-refractivity contribution in [3.05, 3.63) is 53.3 Å². The van der Waals surface area contributed by atoms with E-state index in [1.807, 2.05) is 12.1 Å². The molecule has 1 aromatic heterocycles. The smallest absolute Gasteiger partial charge is 0.325 e. The van der Waals surface area contributed by atoms with Gasteiger partial charge in [0.25, 0.3) is 0 Å². The highest BCUT2D eigenvalue weighted by molar-refractivity contribution is 7.99. The lowest BCUT2D eigenvalue weighted by atomic mass is 10.2. The van der Waals surface area contributed by atoms with E-state index in [0.717, 1.165) is 11.8 Å². The Morgan fingerprint density at radius 1 is 1.15 bits per heavy atom. The maximum Gasteiger partial charge on any atom is 0.325 e. The summed E-state index contributed by atoms with van der Waals surface area (Å²) in [5.41, 5.74) is 0.480. The maximum absolute atomic E-state index is 12.2. The monoisotopic (exact) mass is 489 g/mol. The summed E-state index contributed by atoms with van der Waals surface area (Å²) in [5, 5.41) is 14.0. The highest BCUT2D eigenvalue weighted by atomic mass is 35.5. The number of anilines is 1. The van der Waals surface area contributed by atoms with Crippen LogP contribution in [0.2, 0.25) is 5.02 Å². The van der Waals surface area contributed by atoms with Crippen LogP contribution in [0.5, 0.6) is 17.2 Å². The van der Waals surface area contributed by atoms with Gasteiger partial charge in [0.2, 0.25) is 5.91 Å². The van der Waals surface area contributed by atoms with Crippen LogP contribution < -0.4 is 24.8 Å². The third kappa shape index (κ3) is 5.88. The molecule has 0 fully saturated rings. The maximum atomic E-state index is 12.2. The summed E-state index contributed by atoms with van der Waals surface area (Å²) in [4.78, 5) is 24.3. The van der Waals surface area contributed by atoms with E-state index < -0.39 is 11.9 Å². The highest BCUT2D eigenvalue weighted by Gasteiger charge is 2.16. The number of rotatable bonds is 7. The van der Waals surface area contributed by atoms with E-state index in [4.69, 9.17) is 25.8 Å². The molecule has 0 radical (unpaired) electrons. The molecule has 1 aliphatic rings. The lowest BCUT2D eigenvalue weighted by molar-refractivity contribution is -0.117. The lowest BCUT2D eigenvalue weighted by Gasteiger charge is -2.19. The number of hydrogen-bond donors (Lipinski definition) is 2. The van der Waals surface area contributed by atoms with Crippen molar-refractivity contribution in [3.63, 3.8) is 0 Å². The Morgan fingerprint density at radius 2 is 1.94 bits per heavy atom. The number of hydrogen-bond acceptors (Lipinski definition) is 8. The molecule has 0 bridgehead atoms. The first-order valence-corrected chi connectivity index (χ1v) is 11.2. The number of urea groups is 1. The van der Waals surface area contributed by atoms with Crippen LogP contribution in [0.1, 0.15) is 5.82 Å². The van der Waals surface area contributed by atoms with Crippen LogP contribution in [-0.2, 0) is 18.4 Å². The fourth-order valence-electron chi connectivity index (χ4n) is 2.88. The summed E-state index contributed by atoms with van der Waals surface area (Å²) in [6, 6.07) is 11.5. The Hall–Kier alpha value is -3.44. The average molecular weight is 490 g/mol. The van der Waals surface area contributed by atoms with Gasteiger partial charge in [0.1, 0.15) is 25.6 Å². The van der Waals surface area contributed by atoms with Gasteiger partial charge in [0.05, 0.1) is 10.8 Å². The van der Waals surface area contributed by atoms with Gasteiger partial charge in [-0.05, 0) is 24.3 Å². The van der Waals surface area contributed by atoms with Gasteiger partial charge >= 0.3 is 6.03 Å². The van der Waals surface area contributed by atoms with Crippen LogP contribution >= 0.6 is 23.4 Å². The molecule has 10 nitrogen and oxygen atoms in total. The first-order chi connectivity index (χ1) is 16.0. The molecule has 0 saturated carbocycles. The Morgan fingerprint density at radius 3 is 2.76 bits per heavy atom. The number of aromatic nitrogens is 3. The van der Waals surface area contributed by atoms with Crippen LogP contribution in [-0.4, -0.2) is 45.7 Å². The number of carbonyl (C=O) groups is 2. The highest BCUT2D eigenvalue weighted by Crippen LogP contribution is 2.32. The Labute approximate surface area is 198 Å². The number of imide groups is 1. The predicted octanol–water partition coefficient (Wildman–Crippen LogP) is 3.26. The minimum Gasteiger partial charge on any atom is -0.486 e. The van der Waals surface area contributed by atoms with Crippen LogP contribution in [0, 0.1) is 0 Å². The number of fused-ring (bicyclic) bond motifs is 1. The topological polar surface area (TPSA) is 117 Å². The standard InChI is InChI=1S/C21H20ClN5O5S/c1-27-18(11-32-15-5-3-2-4-14(15)22)25-26-21(27)33-12-19(28)24-20(29)23-13-6-7-16-17(10-13)31-9-8-30-16/h2-7,10H,8-9,11-12H2,1H3,(H2,23,24,28,29). The molecular formula is C21H20ClN5O5S. The minimum absolute atomic E-state index is 0.0219. The summed E-state index contributed by atoms with van der Waals surface area (Å²) in [6.07, 6.45) is 0. The zero-order valence-corrected chi connectivity index (χ0v) is 19.1. The molecule has 3 amide bonds. The number of nitrogens with one attached hydrogen (secondary N) is 2. The number of carbonyl (C=O) groups excluding carboxylic acids is 2. The van der Waals surface area contributed by atoms with Gasteiger partial charge < -0.3 is 24.1 Å². The number of para-hydroxylation sites is 1. The fourth-order valence-corrected chi connectivity index (χ4v) is 3.80. The zero-order chi connectivity index (χ0) is 23.2. The Kier molecular flexibility index (Phi) is 7.20. The largest absolute Gasteiger partial charge is 0.486 e. The molecule has 2 N–H and O–H groups in total. The number of thioether (sulfide) groups is 1. The van der Waals surface area contributed by atoms with Gasteiger partial charge in [0.15, 0.2) is 22.5 Å². The van der Waals surface area contributed by atoms with Crippen molar-refractivity contribution < 1.29 is 23.8 Å². The second kappa shape index (κ2) is 10.5. The quantitative estimate of drug-likeness (QED) is 0.486. The van der Waals surface area contributed by atoms with Crippen LogP contribution in [0.15, 0.2) is 47.6 Å². The van der Waals surface area contributed by atoms with Crippen molar-refractivity contribution in [2.75, 3.05) is 24.3 Å². The van der Waals surface area contributed by atoms with E-state index in [0.29, 0.717) is 52.2 Å². The number of ether oxygens (including phenoxy) is 3. The molecule has 172 valence electrons. The van der Waals surface area contributed by atoms with Crippen molar-refractivity contribution >= 4 is 41.0 Å². The minimum atomic E-state index is -0.649. The summed E-state index contributed by atoms with van der Waals surface area (Å²) < 4.78 is 18.3. The third-order valence-electron chi connectivity index (χ3n) is 4.50. The van der Waals surface area contributed by atoms with E-state index in [-0.39, 0.29) is 12.4 Å². The van der Waals surface area contributed by atoms with Gasteiger partial charge in [-0.3, -0.25) is 10.1 Å². The summed E-state index contributed by atoms with van der Waals surface area (Å²) >= 11 is 7.23. The van der Waals surface area contributed by atoms with Crippen LogP contribution in [0.25, 0.3) is 0 Å². The molecule has 0 unspecified atom stereocenters. The van der Waals surface area contributed by atoms with E-state index in [1.54, 1.807) is 41.9 Å². The van der Waals surface area contributed by atoms with Gasteiger partial charge in [-0.25, -0.2) is 4.79 Å². The van der Waals surface area contributed by atoms with E-state index in [2.05, 4.69) is 20.8 Å². The van der Waals surface area contributed by atoms with Gasteiger partial charge in [-0.2, -0.15) is 0 Å². The molecule has 12 heteroatoms. The van der Waals surface area contributed by atoms with Crippen molar-refractivity contribution in [1.82, 2.24) is 20.1 Å². The summed E-state index contributed by atoms with van der Waals surface area (Å²) in [6.45, 7) is 1.08. The van der Waals surface area contributed by atoms with E-state index >= 15 is 0 Å². The SMILES string of the molecule is Cn1c(COc2ccccc2Cl)nnc1SCC(=O)NC(=O)Nc1ccc2c(c1)OCCO2. The molecule has 2 aromatic carbocycles. The van der Waals surface area contributed by atoms with Gasteiger partial charge in [0, 0.05) is 18.8 Å². The van der Waals surface area contributed by atoms with Gasteiger partial charge in [-0.15, -0.1) is 10.2 Å². The van der Waals surface area contributed by atoms with E-state index in [9.17, 15) is 9.59 Å².